The minimum atomic E-state index is -0.0760. The van der Waals surface area contributed by atoms with Crippen molar-refractivity contribution in [1.29, 1.82) is 0 Å². The molecule has 1 aromatic heterocycles. The summed E-state index contributed by atoms with van der Waals surface area (Å²) in [5.74, 6) is 0.580. The van der Waals surface area contributed by atoms with Gasteiger partial charge in [-0.2, -0.15) is 10.2 Å². The van der Waals surface area contributed by atoms with Gasteiger partial charge in [-0.05, 0) is 18.9 Å². The van der Waals surface area contributed by atoms with Gasteiger partial charge in [-0.15, -0.1) is 11.6 Å². The molecule has 0 unspecified atom stereocenters. The van der Waals surface area contributed by atoms with Crippen LogP contribution in [0.25, 0.3) is 10.9 Å². The predicted molar refractivity (Wildman–Crippen MR) is 77.2 cm³/mol. The van der Waals surface area contributed by atoms with E-state index in [1.807, 2.05) is 18.2 Å². The standard InChI is InChI=1S/C14H18ClN3/c1-3-14(4-2,10-15)17-13-9-16-18-12-8-6-5-7-11(12)13/h5-9H,3-4,10H2,1-2H3,(H,17,18). The fourth-order valence-corrected chi connectivity index (χ4v) is 2.49. The van der Waals surface area contributed by atoms with Crippen molar-refractivity contribution in [3.05, 3.63) is 30.5 Å². The van der Waals surface area contributed by atoms with Crippen molar-refractivity contribution in [2.45, 2.75) is 32.2 Å². The van der Waals surface area contributed by atoms with Crippen LogP contribution < -0.4 is 5.32 Å². The predicted octanol–water partition coefficient (Wildman–Crippen LogP) is 3.84. The maximum absolute atomic E-state index is 6.13. The van der Waals surface area contributed by atoms with Crippen LogP contribution in [0.4, 0.5) is 5.69 Å². The molecule has 0 aliphatic heterocycles. The van der Waals surface area contributed by atoms with Gasteiger partial charge in [-0.25, -0.2) is 0 Å². The van der Waals surface area contributed by atoms with Crippen LogP contribution in [-0.4, -0.2) is 21.6 Å². The van der Waals surface area contributed by atoms with Crippen molar-refractivity contribution in [1.82, 2.24) is 10.2 Å². The van der Waals surface area contributed by atoms with E-state index >= 15 is 0 Å². The molecule has 0 fully saturated rings. The fourth-order valence-electron chi connectivity index (χ4n) is 2.04. The molecule has 0 aliphatic carbocycles. The minimum Gasteiger partial charge on any atom is -0.377 e. The summed E-state index contributed by atoms with van der Waals surface area (Å²) < 4.78 is 0. The smallest absolute Gasteiger partial charge is 0.0950 e. The molecule has 2 rings (SSSR count). The lowest BCUT2D eigenvalue weighted by Gasteiger charge is -2.32. The largest absolute Gasteiger partial charge is 0.377 e. The Morgan fingerprint density at radius 3 is 2.61 bits per heavy atom. The molecule has 3 nitrogen and oxygen atoms in total. The van der Waals surface area contributed by atoms with E-state index in [4.69, 9.17) is 11.6 Å². The van der Waals surface area contributed by atoms with E-state index in [-0.39, 0.29) is 5.54 Å². The van der Waals surface area contributed by atoms with Gasteiger partial charge >= 0.3 is 0 Å². The van der Waals surface area contributed by atoms with Crippen molar-refractivity contribution < 1.29 is 0 Å². The Morgan fingerprint density at radius 2 is 1.94 bits per heavy atom. The van der Waals surface area contributed by atoms with Crippen LogP contribution in [0.5, 0.6) is 0 Å². The van der Waals surface area contributed by atoms with E-state index in [9.17, 15) is 0 Å². The zero-order valence-electron chi connectivity index (χ0n) is 10.8. The number of rotatable bonds is 5. The molecule has 1 heterocycles. The Labute approximate surface area is 113 Å². The number of hydrogen-bond acceptors (Lipinski definition) is 3. The Hall–Kier alpha value is -1.35. The normalized spacial score (nSPS) is 11.7. The molecule has 1 aromatic carbocycles. The van der Waals surface area contributed by atoms with Gasteiger partial charge in [0.05, 0.1) is 22.9 Å². The molecule has 0 spiro atoms. The maximum Gasteiger partial charge on any atom is 0.0950 e. The van der Waals surface area contributed by atoms with Gasteiger partial charge in [0, 0.05) is 11.3 Å². The van der Waals surface area contributed by atoms with Crippen LogP contribution in [-0.2, 0) is 0 Å². The molecule has 0 saturated heterocycles. The van der Waals surface area contributed by atoms with Crippen molar-refractivity contribution in [3.63, 3.8) is 0 Å². The topological polar surface area (TPSA) is 37.8 Å². The molecular weight excluding hydrogens is 246 g/mol. The second-order valence-corrected chi connectivity index (χ2v) is 4.79. The molecule has 2 aromatic rings. The Kier molecular flexibility index (Phi) is 4.02. The zero-order valence-corrected chi connectivity index (χ0v) is 11.5. The van der Waals surface area contributed by atoms with Gasteiger partial charge in [0.1, 0.15) is 0 Å². The summed E-state index contributed by atoms with van der Waals surface area (Å²) in [6.45, 7) is 4.30. The quantitative estimate of drug-likeness (QED) is 0.833. The lowest BCUT2D eigenvalue weighted by molar-refractivity contribution is 0.485. The van der Waals surface area contributed by atoms with E-state index < -0.39 is 0 Å². The molecule has 18 heavy (non-hydrogen) atoms. The van der Waals surface area contributed by atoms with Crippen LogP contribution in [0.15, 0.2) is 30.5 Å². The van der Waals surface area contributed by atoms with Crippen molar-refractivity contribution in [2.75, 3.05) is 11.2 Å². The van der Waals surface area contributed by atoms with E-state index in [0.29, 0.717) is 5.88 Å². The highest BCUT2D eigenvalue weighted by molar-refractivity contribution is 6.19. The molecule has 1 N–H and O–H groups in total. The van der Waals surface area contributed by atoms with Crippen molar-refractivity contribution >= 4 is 28.2 Å². The van der Waals surface area contributed by atoms with Gasteiger partial charge in [0.2, 0.25) is 0 Å². The number of anilines is 1. The van der Waals surface area contributed by atoms with Gasteiger partial charge < -0.3 is 5.32 Å². The SMILES string of the molecule is CCC(CC)(CCl)Nc1cnnc2ccccc12. The third kappa shape index (κ3) is 2.41. The molecule has 0 amide bonds. The number of nitrogens with zero attached hydrogens (tertiary/aromatic N) is 2. The number of alkyl halides is 1. The maximum atomic E-state index is 6.13. The summed E-state index contributed by atoms with van der Waals surface area (Å²) >= 11 is 6.13. The molecule has 96 valence electrons. The molecule has 4 heteroatoms. The highest BCUT2D eigenvalue weighted by Gasteiger charge is 2.25. The van der Waals surface area contributed by atoms with E-state index in [0.717, 1.165) is 29.4 Å². The average molecular weight is 264 g/mol. The Morgan fingerprint density at radius 1 is 1.22 bits per heavy atom. The first-order valence-corrected chi connectivity index (χ1v) is 6.82. The van der Waals surface area contributed by atoms with Gasteiger partial charge in [0.15, 0.2) is 0 Å². The van der Waals surface area contributed by atoms with Gasteiger partial charge in [-0.1, -0.05) is 32.0 Å². The van der Waals surface area contributed by atoms with Crippen molar-refractivity contribution in [3.8, 4) is 0 Å². The molecule has 0 bridgehead atoms. The number of fused-ring (bicyclic) bond motifs is 1. The molecule has 0 saturated carbocycles. The lowest BCUT2D eigenvalue weighted by atomic mass is 9.94. The minimum absolute atomic E-state index is 0.0760. The highest BCUT2D eigenvalue weighted by Crippen LogP contribution is 2.27. The first-order chi connectivity index (χ1) is 8.74. The number of halogens is 1. The number of benzene rings is 1. The number of aromatic nitrogens is 2. The van der Waals surface area contributed by atoms with Crippen molar-refractivity contribution in [2.24, 2.45) is 0 Å². The first kappa shape index (κ1) is 13.1. The van der Waals surface area contributed by atoms with E-state index in [1.165, 1.54) is 0 Å². The molecule has 0 atom stereocenters. The van der Waals surface area contributed by atoms with Crippen LogP contribution in [0.2, 0.25) is 0 Å². The first-order valence-electron chi connectivity index (χ1n) is 6.29. The highest BCUT2D eigenvalue weighted by atomic mass is 35.5. The zero-order chi connectivity index (χ0) is 13.0. The molecule has 0 aliphatic rings. The lowest BCUT2D eigenvalue weighted by Crippen LogP contribution is -2.39. The van der Waals surface area contributed by atoms with E-state index in [2.05, 4.69) is 35.4 Å². The van der Waals surface area contributed by atoms with Gasteiger partial charge in [0.25, 0.3) is 0 Å². The fraction of sp³-hybridized carbons (Fsp3) is 0.429. The van der Waals surface area contributed by atoms with Gasteiger partial charge in [-0.3, -0.25) is 0 Å². The number of hydrogen-bond donors (Lipinski definition) is 1. The molecular formula is C14H18ClN3. The summed E-state index contributed by atoms with van der Waals surface area (Å²) in [7, 11) is 0. The average Bonchev–Trinajstić information content (AvgIpc) is 2.45. The second-order valence-electron chi connectivity index (χ2n) is 4.52. The van der Waals surface area contributed by atoms with Crippen LogP contribution in [0.3, 0.4) is 0 Å². The Balaban J connectivity index is 2.42. The monoisotopic (exact) mass is 263 g/mol. The second kappa shape index (κ2) is 5.53. The summed E-state index contributed by atoms with van der Waals surface area (Å²) in [5.41, 5.74) is 1.83. The molecule has 0 radical (unpaired) electrons. The third-order valence-electron chi connectivity index (χ3n) is 3.56. The summed E-state index contributed by atoms with van der Waals surface area (Å²) in [6, 6.07) is 8.00. The van der Waals surface area contributed by atoms with E-state index in [1.54, 1.807) is 6.20 Å². The summed E-state index contributed by atoms with van der Waals surface area (Å²) in [5, 5.41) is 12.8. The van der Waals surface area contributed by atoms with Crippen LogP contribution >= 0.6 is 11.6 Å². The van der Waals surface area contributed by atoms with Crippen LogP contribution in [0.1, 0.15) is 26.7 Å². The summed E-state index contributed by atoms with van der Waals surface area (Å²) in [6.07, 6.45) is 3.72. The third-order valence-corrected chi connectivity index (χ3v) is 4.07. The Bertz CT molecular complexity index is 510. The van der Waals surface area contributed by atoms with Crippen LogP contribution in [0, 0.1) is 0 Å². The summed E-state index contributed by atoms with van der Waals surface area (Å²) in [4.78, 5) is 0. The number of nitrogens with one attached hydrogen (secondary N) is 1.